The van der Waals surface area contributed by atoms with Crippen LogP contribution in [-0.4, -0.2) is 46.9 Å². The van der Waals surface area contributed by atoms with E-state index in [1.165, 1.54) is 0 Å². The zero-order chi connectivity index (χ0) is 13.8. The van der Waals surface area contributed by atoms with Crippen LogP contribution in [0.4, 0.5) is 0 Å². The van der Waals surface area contributed by atoms with Gasteiger partial charge in [-0.25, -0.2) is 0 Å². The van der Waals surface area contributed by atoms with Crippen LogP contribution in [0, 0.1) is 5.41 Å². The van der Waals surface area contributed by atoms with E-state index < -0.39 is 5.41 Å². The molecular weight excluding hydrogens is 275 g/mol. The molecule has 102 valence electrons. The van der Waals surface area contributed by atoms with Crippen molar-refractivity contribution in [1.82, 2.24) is 9.88 Å². The minimum Gasteiger partial charge on any atom is -0.396 e. The number of halogens is 2. The Kier molecular flexibility index (Phi) is 5.82. The summed E-state index contributed by atoms with van der Waals surface area (Å²) in [7, 11) is 1.89. The Morgan fingerprint density at radius 2 is 1.94 bits per heavy atom. The van der Waals surface area contributed by atoms with E-state index in [2.05, 4.69) is 4.98 Å². The Bertz CT molecular complexity index is 398. The summed E-state index contributed by atoms with van der Waals surface area (Å²) in [5.74, 6) is 0. The average molecular weight is 293 g/mol. The van der Waals surface area contributed by atoms with Crippen molar-refractivity contribution in [2.45, 2.75) is 13.5 Å². The highest BCUT2D eigenvalue weighted by Gasteiger charge is 2.24. The number of hydrogen-bond donors (Lipinski definition) is 2. The summed E-state index contributed by atoms with van der Waals surface area (Å²) >= 11 is 11.8. The topological polar surface area (TPSA) is 56.6 Å². The van der Waals surface area contributed by atoms with E-state index >= 15 is 0 Å². The summed E-state index contributed by atoms with van der Waals surface area (Å²) in [4.78, 5) is 6.12. The third-order valence-electron chi connectivity index (χ3n) is 2.72. The molecule has 6 heteroatoms. The van der Waals surface area contributed by atoms with Crippen molar-refractivity contribution in [3.63, 3.8) is 0 Å². The van der Waals surface area contributed by atoms with Crippen molar-refractivity contribution in [2.24, 2.45) is 5.41 Å². The molecule has 0 aromatic carbocycles. The Hall–Kier alpha value is -0.390. The molecule has 0 aliphatic rings. The van der Waals surface area contributed by atoms with Gasteiger partial charge in [-0.05, 0) is 13.1 Å². The van der Waals surface area contributed by atoms with E-state index in [9.17, 15) is 10.2 Å². The van der Waals surface area contributed by atoms with Gasteiger partial charge >= 0.3 is 0 Å². The molecule has 1 heterocycles. The maximum absolute atomic E-state index is 9.25. The Balaban J connectivity index is 2.67. The van der Waals surface area contributed by atoms with Gasteiger partial charge in [0.15, 0.2) is 0 Å². The van der Waals surface area contributed by atoms with Crippen molar-refractivity contribution in [2.75, 3.05) is 26.8 Å². The van der Waals surface area contributed by atoms with Crippen molar-refractivity contribution < 1.29 is 10.2 Å². The Labute approximate surface area is 117 Å². The van der Waals surface area contributed by atoms with Crippen molar-refractivity contribution >= 4 is 23.2 Å². The fourth-order valence-electron chi connectivity index (χ4n) is 1.67. The minimum absolute atomic E-state index is 0.0738. The average Bonchev–Trinajstić information content (AvgIpc) is 2.32. The summed E-state index contributed by atoms with van der Waals surface area (Å²) < 4.78 is 0. The van der Waals surface area contributed by atoms with Crippen LogP contribution in [0.2, 0.25) is 10.0 Å². The monoisotopic (exact) mass is 292 g/mol. The van der Waals surface area contributed by atoms with E-state index in [0.29, 0.717) is 23.1 Å². The molecular formula is C12H18Cl2N2O2. The predicted molar refractivity (Wildman–Crippen MR) is 72.9 cm³/mol. The maximum atomic E-state index is 9.25. The summed E-state index contributed by atoms with van der Waals surface area (Å²) in [6.45, 7) is 2.75. The molecule has 0 bridgehead atoms. The molecule has 18 heavy (non-hydrogen) atoms. The molecule has 0 radical (unpaired) electrons. The molecule has 0 saturated carbocycles. The van der Waals surface area contributed by atoms with Crippen molar-refractivity contribution in [3.8, 4) is 0 Å². The van der Waals surface area contributed by atoms with E-state index in [-0.39, 0.29) is 13.2 Å². The molecule has 0 aliphatic carbocycles. The third-order valence-corrected chi connectivity index (χ3v) is 3.25. The van der Waals surface area contributed by atoms with Crippen LogP contribution in [0.15, 0.2) is 12.3 Å². The van der Waals surface area contributed by atoms with Gasteiger partial charge in [0.1, 0.15) is 0 Å². The van der Waals surface area contributed by atoms with Crippen LogP contribution < -0.4 is 0 Å². The van der Waals surface area contributed by atoms with Crippen molar-refractivity contribution in [1.29, 1.82) is 0 Å². The second-order valence-electron chi connectivity index (χ2n) is 4.88. The first-order valence-electron chi connectivity index (χ1n) is 5.60. The normalized spacial score (nSPS) is 12.2. The number of aliphatic hydroxyl groups excluding tert-OH is 2. The lowest BCUT2D eigenvalue weighted by molar-refractivity contribution is 0.0399. The Morgan fingerprint density at radius 1 is 1.33 bits per heavy atom. The molecule has 0 fully saturated rings. The van der Waals surface area contributed by atoms with E-state index in [0.717, 1.165) is 5.69 Å². The van der Waals surface area contributed by atoms with Crippen LogP contribution in [-0.2, 0) is 6.54 Å². The van der Waals surface area contributed by atoms with Gasteiger partial charge in [-0.2, -0.15) is 0 Å². The first-order chi connectivity index (χ1) is 8.40. The van der Waals surface area contributed by atoms with E-state index in [4.69, 9.17) is 23.2 Å². The van der Waals surface area contributed by atoms with Gasteiger partial charge in [-0.15, -0.1) is 0 Å². The second-order valence-corrected chi connectivity index (χ2v) is 5.72. The molecule has 0 amide bonds. The molecule has 0 spiro atoms. The lowest BCUT2D eigenvalue weighted by atomic mass is 9.92. The number of rotatable bonds is 6. The van der Waals surface area contributed by atoms with Crippen molar-refractivity contribution in [3.05, 3.63) is 28.0 Å². The fraction of sp³-hybridized carbons (Fsp3) is 0.583. The van der Waals surface area contributed by atoms with E-state index in [1.807, 2.05) is 18.9 Å². The molecule has 0 aliphatic heterocycles. The lowest BCUT2D eigenvalue weighted by Crippen LogP contribution is -2.38. The summed E-state index contributed by atoms with van der Waals surface area (Å²) in [5.41, 5.74) is 0.190. The minimum atomic E-state index is -0.534. The molecule has 1 rings (SSSR count). The summed E-state index contributed by atoms with van der Waals surface area (Å²) in [5, 5.41) is 19.5. The first-order valence-corrected chi connectivity index (χ1v) is 6.36. The third kappa shape index (κ3) is 4.37. The number of aliphatic hydroxyl groups is 2. The standard InChI is InChI=1S/C12H18Cl2N2O2/c1-12(7-17,8-18)6-16(2)5-11-10(14)3-9(13)4-15-11/h3-4,17-18H,5-8H2,1-2H3. The second kappa shape index (κ2) is 6.68. The number of pyridine rings is 1. The molecule has 1 aromatic heterocycles. The zero-order valence-corrected chi connectivity index (χ0v) is 12.0. The predicted octanol–water partition coefficient (Wildman–Crippen LogP) is 1.81. The molecule has 2 N–H and O–H groups in total. The highest BCUT2D eigenvalue weighted by Crippen LogP contribution is 2.21. The smallest absolute Gasteiger partial charge is 0.0730 e. The van der Waals surface area contributed by atoms with Crippen LogP contribution >= 0.6 is 23.2 Å². The van der Waals surface area contributed by atoms with Crippen LogP contribution in [0.3, 0.4) is 0 Å². The molecule has 0 saturated heterocycles. The fourth-order valence-corrected chi connectivity index (χ4v) is 2.11. The van der Waals surface area contributed by atoms with Gasteiger partial charge in [0.05, 0.1) is 29.0 Å². The molecule has 0 atom stereocenters. The van der Waals surface area contributed by atoms with Gasteiger partial charge in [0.2, 0.25) is 0 Å². The number of aromatic nitrogens is 1. The Morgan fingerprint density at radius 3 is 2.44 bits per heavy atom. The quantitative estimate of drug-likeness (QED) is 0.840. The molecule has 4 nitrogen and oxygen atoms in total. The van der Waals surface area contributed by atoms with Crippen LogP contribution in [0.25, 0.3) is 0 Å². The van der Waals surface area contributed by atoms with E-state index in [1.54, 1.807) is 12.3 Å². The van der Waals surface area contributed by atoms with Gasteiger partial charge in [0.25, 0.3) is 0 Å². The highest BCUT2D eigenvalue weighted by atomic mass is 35.5. The van der Waals surface area contributed by atoms with Gasteiger partial charge < -0.3 is 10.2 Å². The summed E-state index contributed by atoms with van der Waals surface area (Å²) in [6.07, 6.45) is 1.55. The SMILES string of the molecule is CN(Cc1ncc(Cl)cc1Cl)CC(C)(CO)CO. The van der Waals surface area contributed by atoms with Crippen LogP contribution in [0.1, 0.15) is 12.6 Å². The first kappa shape index (κ1) is 15.7. The molecule has 1 aromatic rings. The molecule has 0 unspecified atom stereocenters. The van der Waals surface area contributed by atoms with Gasteiger partial charge in [-0.3, -0.25) is 9.88 Å². The zero-order valence-electron chi connectivity index (χ0n) is 10.5. The summed E-state index contributed by atoms with van der Waals surface area (Å²) in [6, 6.07) is 1.65. The van der Waals surface area contributed by atoms with Crippen LogP contribution in [0.5, 0.6) is 0 Å². The number of nitrogens with zero attached hydrogens (tertiary/aromatic N) is 2. The van der Waals surface area contributed by atoms with Gasteiger partial charge in [-0.1, -0.05) is 30.1 Å². The maximum Gasteiger partial charge on any atom is 0.0730 e. The largest absolute Gasteiger partial charge is 0.396 e. The number of hydrogen-bond acceptors (Lipinski definition) is 4. The lowest BCUT2D eigenvalue weighted by Gasteiger charge is -2.30. The van der Waals surface area contributed by atoms with Gasteiger partial charge in [0, 0.05) is 24.7 Å². The highest BCUT2D eigenvalue weighted by molar-refractivity contribution is 6.34.